The van der Waals surface area contributed by atoms with Gasteiger partial charge in [-0.15, -0.1) is 0 Å². The molecule has 2 aromatic carbocycles. The van der Waals surface area contributed by atoms with Gasteiger partial charge in [0.1, 0.15) is 5.75 Å². The number of rotatable bonds is 6. The van der Waals surface area contributed by atoms with Gasteiger partial charge in [0, 0.05) is 23.4 Å². The van der Waals surface area contributed by atoms with Crippen molar-refractivity contribution in [2.45, 2.75) is 13.0 Å². The van der Waals surface area contributed by atoms with E-state index < -0.39 is 11.0 Å². The third-order valence-corrected chi connectivity index (χ3v) is 3.21. The van der Waals surface area contributed by atoms with Gasteiger partial charge in [-0.25, -0.2) is 0 Å². The summed E-state index contributed by atoms with van der Waals surface area (Å²) in [5, 5.41) is 13.6. The zero-order valence-corrected chi connectivity index (χ0v) is 12.3. The normalized spacial score (nSPS) is 11.5. The third-order valence-electron chi connectivity index (χ3n) is 3.21. The first kappa shape index (κ1) is 15.5. The highest BCUT2D eigenvalue weighted by molar-refractivity contribution is 6.01. The van der Waals surface area contributed by atoms with E-state index in [0.29, 0.717) is 17.0 Å². The Kier molecular flexibility index (Phi) is 4.73. The highest BCUT2D eigenvalue weighted by Gasteiger charge is 2.16. The van der Waals surface area contributed by atoms with Crippen molar-refractivity contribution in [2.24, 2.45) is 0 Å². The number of ketones is 1. The molecule has 0 fully saturated rings. The summed E-state index contributed by atoms with van der Waals surface area (Å²) in [4.78, 5) is 22.5. The van der Waals surface area contributed by atoms with E-state index in [-0.39, 0.29) is 11.5 Å². The monoisotopic (exact) mass is 300 g/mol. The van der Waals surface area contributed by atoms with Crippen LogP contribution in [-0.4, -0.2) is 23.9 Å². The maximum atomic E-state index is 12.4. The highest BCUT2D eigenvalue weighted by atomic mass is 16.6. The minimum atomic E-state index is -0.464. The van der Waals surface area contributed by atoms with Gasteiger partial charge in [-0.05, 0) is 31.2 Å². The lowest BCUT2D eigenvalue weighted by Crippen LogP contribution is -2.26. The van der Waals surface area contributed by atoms with E-state index in [1.165, 1.54) is 12.1 Å². The van der Waals surface area contributed by atoms with Gasteiger partial charge >= 0.3 is 0 Å². The number of nitro groups is 1. The molecule has 0 heterocycles. The number of non-ortho nitro benzene ring substituents is 1. The molecule has 0 spiro atoms. The lowest BCUT2D eigenvalue weighted by molar-refractivity contribution is -0.384. The molecule has 0 amide bonds. The first-order valence-corrected chi connectivity index (χ1v) is 6.70. The van der Waals surface area contributed by atoms with Crippen LogP contribution in [0, 0.1) is 10.1 Å². The van der Waals surface area contributed by atoms with Crippen molar-refractivity contribution in [3.63, 3.8) is 0 Å². The molecular formula is C16H16N2O4. The Balaban J connectivity index is 2.08. The summed E-state index contributed by atoms with van der Waals surface area (Å²) < 4.78 is 5.10. The fourth-order valence-electron chi connectivity index (χ4n) is 2.02. The average molecular weight is 300 g/mol. The van der Waals surface area contributed by atoms with Crippen molar-refractivity contribution in [2.75, 3.05) is 12.4 Å². The summed E-state index contributed by atoms with van der Waals surface area (Å²) in [5.74, 6) is 0.533. The lowest BCUT2D eigenvalue weighted by atomic mass is 10.0. The summed E-state index contributed by atoms with van der Waals surface area (Å²) in [6, 6.07) is 12.4. The summed E-state index contributed by atoms with van der Waals surface area (Å²) in [7, 11) is 1.54. The molecule has 0 bridgehead atoms. The number of nitrogens with zero attached hydrogens (tertiary/aromatic N) is 1. The Labute approximate surface area is 127 Å². The van der Waals surface area contributed by atoms with Gasteiger partial charge in [0.2, 0.25) is 0 Å². The van der Waals surface area contributed by atoms with Crippen molar-refractivity contribution < 1.29 is 14.5 Å². The van der Waals surface area contributed by atoms with Crippen LogP contribution in [0.1, 0.15) is 17.3 Å². The first-order valence-electron chi connectivity index (χ1n) is 6.70. The quantitative estimate of drug-likeness (QED) is 0.503. The minimum absolute atomic E-state index is 0.0114. The predicted molar refractivity (Wildman–Crippen MR) is 83.5 cm³/mol. The first-order chi connectivity index (χ1) is 10.5. The fraction of sp³-hybridized carbons (Fsp3) is 0.188. The minimum Gasteiger partial charge on any atom is -0.497 e. The number of carbonyl (C=O) groups is 1. The Morgan fingerprint density at radius 2 is 1.91 bits per heavy atom. The second kappa shape index (κ2) is 6.71. The molecular weight excluding hydrogens is 284 g/mol. The zero-order chi connectivity index (χ0) is 16.1. The Morgan fingerprint density at radius 1 is 1.23 bits per heavy atom. The van der Waals surface area contributed by atoms with E-state index in [9.17, 15) is 14.9 Å². The Bertz CT molecular complexity index is 683. The van der Waals surface area contributed by atoms with Crippen LogP contribution in [0.25, 0.3) is 0 Å². The molecule has 1 atom stereocenters. The SMILES string of the molecule is COc1cccc(C(=O)C(C)Nc2ccc([N+](=O)[O-])cc2)c1. The largest absolute Gasteiger partial charge is 0.497 e. The number of hydrogen-bond acceptors (Lipinski definition) is 5. The molecule has 2 aromatic rings. The van der Waals surface area contributed by atoms with Gasteiger partial charge in [-0.3, -0.25) is 14.9 Å². The number of carbonyl (C=O) groups excluding carboxylic acids is 1. The van der Waals surface area contributed by atoms with E-state index in [2.05, 4.69) is 5.32 Å². The maximum absolute atomic E-state index is 12.4. The summed E-state index contributed by atoms with van der Waals surface area (Å²) in [6.07, 6.45) is 0. The second-order valence-corrected chi connectivity index (χ2v) is 4.77. The van der Waals surface area contributed by atoms with E-state index in [0.717, 1.165) is 0 Å². The van der Waals surface area contributed by atoms with Crippen molar-refractivity contribution in [1.29, 1.82) is 0 Å². The molecule has 0 saturated heterocycles. The summed E-state index contributed by atoms with van der Waals surface area (Å²) in [6.45, 7) is 1.74. The van der Waals surface area contributed by atoms with Crippen molar-refractivity contribution >= 4 is 17.2 Å². The Hall–Kier alpha value is -2.89. The topological polar surface area (TPSA) is 81.5 Å². The third kappa shape index (κ3) is 3.60. The molecule has 0 aliphatic carbocycles. The van der Waals surface area contributed by atoms with Crippen LogP contribution in [0.4, 0.5) is 11.4 Å². The number of anilines is 1. The van der Waals surface area contributed by atoms with Crippen LogP contribution in [0.5, 0.6) is 5.75 Å². The van der Waals surface area contributed by atoms with Crippen molar-refractivity contribution in [1.82, 2.24) is 0 Å². The van der Waals surface area contributed by atoms with Crippen LogP contribution in [0.15, 0.2) is 48.5 Å². The molecule has 0 saturated carbocycles. The van der Waals surface area contributed by atoms with E-state index in [1.54, 1.807) is 50.4 Å². The zero-order valence-electron chi connectivity index (χ0n) is 12.3. The molecule has 22 heavy (non-hydrogen) atoms. The molecule has 0 aliphatic heterocycles. The van der Waals surface area contributed by atoms with E-state index in [4.69, 9.17) is 4.74 Å². The van der Waals surface area contributed by atoms with Crippen LogP contribution in [0.3, 0.4) is 0 Å². The van der Waals surface area contributed by atoms with E-state index >= 15 is 0 Å². The van der Waals surface area contributed by atoms with Gasteiger partial charge in [-0.1, -0.05) is 12.1 Å². The molecule has 6 heteroatoms. The van der Waals surface area contributed by atoms with Crippen LogP contribution in [-0.2, 0) is 0 Å². The maximum Gasteiger partial charge on any atom is 0.269 e. The standard InChI is InChI=1S/C16H16N2O4/c1-11(16(19)12-4-3-5-15(10-12)22-2)17-13-6-8-14(9-7-13)18(20)21/h3-11,17H,1-2H3. The predicted octanol–water partition coefficient (Wildman–Crippen LogP) is 3.29. The van der Waals surface area contributed by atoms with Crippen molar-refractivity contribution in [3.05, 3.63) is 64.2 Å². The molecule has 0 aromatic heterocycles. The molecule has 1 unspecified atom stereocenters. The number of nitro benzene ring substituents is 1. The summed E-state index contributed by atoms with van der Waals surface area (Å²) in [5.41, 5.74) is 1.20. The number of ether oxygens (including phenoxy) is 1. The summed E-state index contributed by atoms with van der Waals surface area (Å²) >= 11 is 0. The highest BCUT2D eigenvalue weighted by Crippen LogP contribution is 2.18. The van der Waals surface area contributed by atoms with Gasteiger partial charge in [-0.2, -0.15) is 0 Å². The molecule has 0 radical (unpaired) electrons. The van der Waals surface area contributed by atoms with Gasteiger partial charge < -0.3 is 10.1 Å². The van der Waals surface area contributed by atoms with Crippen LogP contribution in [0.2, 0.25) is 0 Å². The number of Topliss-reactive ketones (excluding diaryl/α,β-unsaturated/α-hetero) is 1. The lowest BCUT2D eigenvalue weighted by Gasteiger charge is -2.14. The Morgan fingerprint density at radius 3 is 2.50 bits per heavy atom. The van der Waals surface area contributed by atoms with Crippen LogP contribution < -0.4 is 10.1 Å². The molecule has 6 nitrogen and oxygen atoms in total. The smallest absolute Gasteiger partial charge is 0.269 e. The molecule has 1 N–H and O–H groups in total. The number of nitrogens with one attached hydrogen (secondary N) is 1. The average Bonchev–Trinajstić information content (AvgIpc) is 2.54. The fourth-order valence-corrected chi connectivity index (χ4v) is 2.02. The number of benzene rings is 2. The number of methoxy groups -OCH3 is 1. The van der Waals surface area contributed by atoms with Gasteiger partial charge in [0.05, 0.1) is 18.1 Å². The molecule has 0 aliphatic rings. The van der Waals surface area contributed by atoms with E-state index in [1.807, 2.05) is 0 Å². The van der Waals surface area contributed by atoms with Gasteiger partial charge in [0.15, 0.2) is 5.78 Å². The molecule has 2 rings (SSSR count). The van der Waals surface area contributed by atoms with Crippen LogP contribution >= 0.6 is 0 Å². The van der Waals surface area contributed by atoms with Gasteiger partial charge in [0.25, 0.3) is 5.69 Å². The molecule has 114 valence electrons. The van der Waals surface area contributed by atoms with Crippen molar-refractivity contribution in [3.8, 4) is 5.75 Å². The second-order valence-electron chi connectivity index (χ2n) is 4.77. The number of hydrogen-bond donors (Lipinski definition) is 1.